The average molecular weight is 271 g/mol. The number of rotatable bonds is 5. The zero-order valence-electron chi connectivity index (χ0n) is 11.8. The van der Waals surface area contributed by atoms with Crippen LogP contribution in [-0.2, 0) is 4.79 Å². The van der Waals surface area contributed by atoms with Crippen LogP contribution in [0.2, 0.25) is 0 Å². The molecule has 0 radical (unpaired) electrons. The number of carbonyl (C=O) groups excluding carboxylic acids is 1. The van der Waals surface area contributed by atoms with Gasteiger partial charge in [-0.15, -0.1) is 0 Å². The van der Waals surface area contributed by atoms with E-state index in [1.54, 1.807) is 0 Å². The van der Waals surface area contributed by atoms with Gasteiger partial charge in [0.2, 0.25) is 0 Å². The van der Waals surface area contributed by atoms with Gasteiger partial charge in [0.05, 0.1) is 6.54 Å². The third kappa shape index (κ3) is 4.88. The molecule has 1 aliphatic carbocycles. The lowest BCUT2D eigenvalue weighted by atomic mass is 9.96. The Morgan fingerprint density at radius 3 is 2.85 bits per heavy atom. The summed E-state index contributed by atoms with van der Waals surface area (Å²) in [7, 11) is 0. The minimum Gasteiger partial charge on any atom is -0.376 e. The van der Waals surface area contributed by atoms with E-state index >= 15 is 0 Å². The van der Waals surface area contributed by atoms with Crippen molar-refractivity contribution in [2.45, 2.75) is 26.2 Å². The van der Waals surface area contributed by atoms with Crippen molar-refractivity contribution < 1.29 is 4.79 Å². The van der Waals surface area contributed by atoms with Gasteiger partial charge >= 0.3 is 0 Å². The molecule has 0 aromatic heterocycles. The fraction of sp³-hybridized carbons (Fsp3) is 0.375. The number of nitrogens with one attached hydrogen (secondary N) is 2. The third-order valence-electron chi connectivity index (χ3n) is 3.29. The number of hydrogen-bond acceptors (Lipinski definition) is 3. The molecule has 106 valence electrons. The van der Waals surface area contributed by atoms with Gasteiger partial charge in [0.1, 0.15) is 0 Å². The number of nitrogens with zero attached hydrogens (tertiary/aromatic N) is 1. The van der Waals surface area contributed by atoms with Gasteiger partial charge in [-0.3, -0.25) is 4.79 Å². The first kappa shape index (κ1) is 14.3. The van der Waals surface area contributed by atoms with Gasteiger partial charge in [0.25, 0.3) is 5.91 Å². The van der Waals surface area contributed by atoms with Crippen molar-refractivity contribution in [2.24, 2.45) is 11.0 Å². The van der Waals surface area contributed by atoms with Crippen LogP contribution in [0, 0.1) is 12.8 Å². The molecule has 1 aromatic rings. The molecule has 1 aliphatic rings. The Hall–Kier alpha value is -2.10. The van der Waals surface area contributed by atoms with Gasteiger partial charge in [-0.1, -0.05) is 29.8 Å². The van der Waals surface area contributed by atoms with Crippen molar-refractivity contribution in [3.8, 4) is 0 Å². The molecule has 20 heavy (non-hydrogen) atoms. The Balaban J connectivity index is 1.68. The highest BCUT2D eigenvalue weighted by Crippen LogP contribution is 2.15. The summed E-state index contributed by atoms with van der Waals surface area (Å²) in [5.41, 5.74) is 4.69. The fourth-order valence-corrected chi connectivity index (χ4v) is 2.06. The summed E-state index contributed by atoms with van der Waals surface area (Å²) < 4.78 is 0. The Kier molecular flexibility index (Phi) is 5.35. The van der Waals surface area contributed by atoms with E-state index in [2.05, 4.69) is 28.0 Å². The van der Waals surface area contributed by atoms with E-state index in [1.807, 2.05) is 37.4 Å². The van der Waals surface area contributed by atoms with E-state index < -0.39 is 0 Å². The summed E-state index contributed by atoms with van der Waals surface area (Å²) in [5.74, 6) is 0.318. The lowest BCUT2D eigenvalue weighted by molar-refractivity contribution is -0.119. The summed E-state index contributed by atoms with van der Waals surface area (Å²) in [6.45, 7) is 2.26. The largest absolute Gasteiger partial charge is 0.376 e. The summed E-state index contributed by atoms with van der Waals surface area (Å²) in [5, 5.41) is 7.09. The maximum Gasteiger partial charge on any atom is 0.259 e. The molecular formula is C16H21N3O. The highest BCUT2D eigenvalue weighted by atomic mass is 16.2. The molecule has 2 N–H and O–H groups in total. The highest BCUT2D eigenvalue weighted by molar-refractivity contribution is 5.81. The van der Waals surface area contributed by atoms with Crippen molar-refractivity contribution in [3.63, 3.8) is 0 Å². The summed E-state index contributed by atoms with van der Waals surface area (Å²) in [6, 6.07) is 7.93. The van der Waals surface area contributed by atoms with Crippen molar-refractivity contribution in [3.05, 3.63) is 42.0 Å². The van der Waals surface area contributed by atoms with Crippen molar-refractivity contribution in [1.29, 1.82) is 0 Å². The van der Waals surface area contributed by atoms with Crippen LogP contribution in [0.3, 0.4) is 0 Å². The van der Waals surface area contributed by atoms with Crippen LogP contribution in [0.15, 0.2) is 41.5 Å². The first-order chi connectivity index (χ1) is 9.74. The molecular weight excluding hydrogens is 250 g/mol. The molecule has 0 heterocycles. The molecule has 0 bridgehead atoms. The standard InChI is InChI=1S/C16H21N3O/c1-13-7-9-15(10-8-13)17-12-16(20)19-18-11-14-5-3-2-4-6-14/h2-3,7-11,14,17H,4-6,12H2,1H3,(H,19,20)/b18-11-/t14-/m0/s1. The van der Waals surface area contributed by atoms with Gasteiger partial charge in [0.15, 0.2) is 0 Å². The van der Waals surface area contributed by atoms with Crippen molar-refractivity contribution in [1.82, 2.24) is 5.43 Å². The third-order valence-corrected chi connectivity index (χ3v) is 3.29. The predicted octanol–water partition coefficient (Wildman–Crippen LogP) is 2.87. The zero-order chi connectivity index (χ0) is 14.2. The van der Waals surface area contributed by atoms with Crippen LogP contribution in [0.1, 0.15) is 24.8 Å². The fourth-order valence-electron chi connectivity index (χ4n) is 2.06. The number of hydrazone groups is 1. The van der Waals surface area contributed by atoms with Crippen molar-refractivity contribution >= 4 is 17.8 Å². The molecule has 1 aromatic carbocycles. The molecule has 0 spiro atoms. The van der Waals surface area contributed by atoms with E-state index in [0.29, 0.717) is 5.92 Å². The molecule has 0 aliphatic heterocycles. The van der Waals surface area contributed by atoms with Crippen LogP contribution < -0.4 is 10.7 Å². The molecule has 2 rings (SSSR count). The Labute approximate surface area is 120 Å². The zero-order valence-corrected chi connectivity index (χ0v) is 11.8. The summed E-state index contributed by atoms with van der Waals surface area (Å²) in [6.07, 6.45) is 9.42. The second-order valence-electron chi connectivity index (χ2n) is 5.08. The second kappa shape index (κ2) is 7.48. The SMILES string of the molecule is Cc1ccc(NCC(=O)N/N=C\[C@H]2CC=CCC2)cc1. The Morgan fingerprint density at radius 2 is 2.15 bits per heavy atom. The van der Waals surface area contributed by atoms with E-state index in [1.165, 1.54) is 5.56 Å². The summed E-state index contributed by atoms with van der Waals surface area (Å²) in [4.78, 5) is 11.6. The molecule has 4 nitrogen and oxygen atoms in total. The lowest BCUT2D eigenvalue weighted by Crippen LogP contribution is -2.26. The molecule has 0 saturated heterocycles. The van der Waals surface area contributed by atoms with Gasteiger partial charge in [-0.2, -0.15) is 5.10 Å². The number of amides is 1. The average Bonchev–Trinajstić information content (AvgIpc) is 2.48. The normalized spacial score (nSPS) is 18.1. The quantitative estimate of drug-likeness (QED) is 0.491. The van der Waals surface area contributed by atoms with Crippen LogP contribution in [-0.4, -0.2) is 18.7 Å². The molecule has 4 heteroatoms. The molecule has 1 amide bonds. The number of hydrogen-bond donors (Lipinski definition) is 2. The smallest absolute Gasteiger partial charge is 0.259 e. The highest BCUT2D eigenvalue weighted by Gasteiger charge is 2.06. The Bertz CT molecular complexity index is 491. The van der Waals surface area contributed by atoms with Crippen LogP contribution >= 0.6 is 0 Å². The molecule has 1 atom stereocenters. The van der Waals surface area contributed by atoms with Crippen LogP contribution in [0.5, 0.6) is 0 Å². The first-order valence-electron chi connectivity index (χ1n) is 7.01. The number of aryl methyl sites for hydroxylation is 1. The number of benzene rings is 1. The van der Waals surface area contributed by atoms with Crippen molar-refractivity contribution in [2.75, 3.05) is 11.9 Å². The van der Waals surface area contributed by atoms with Gasteiger partial charge in [-0.25, -0.2) is 5.43 Å². The van der Waals surface area contributed by atoms with E-state index in [9.17, 15) is 4.79 Å². The van der Waals surface area contributed by atoms with Gasteiger partial charge in [0, 0.05) is 11.9 Å². The maximum atomic E-state index is 11.6. The Morgan fingerprint density at radius 1 is 1.35 bits per heavy atom. The number of anilines is 1. The minimum absolute atomic E-state index is 0.131. The molecule has 0 fully saturated rings. The van der Waals surface area contributed by atoms with Crippen LogP contribution in [0.4, 0.5) is 5.69 Å². The minimum atomic E-state index is -0.131. The summed E-state index contributed by atoms with van der Waals surface area (Å²) >= 11 is 0. The van der Waals surface area contributed by atoms with Gasteiger partial charge < -0.3 is 5.32 Å². The van der Waals surface area contributed by atoms with Gasteiger partial charge in [-0.05, 0) is 44.2 Å². The lowest BCUT2D eigenvalue weighted by Gasteiger charge is -2.11. The number of allylic oxidation sites excluding steroid dienone is 2. The topological polar surface area (TPSA) is 53.5 Å². The first-order valence-corrected chi connectivity index (χ1v) is 7.01. The van der Waals surface area contributed by atoms with E-state index in [-0.39, 0.29) is 12.5 Å². The second-order valence-corrected chi connectivity index (χ2v) is 5.08. The maximum absolute atomic E-state index is 11.6. The van der Waals surface area contributed by atoms with E-state index in [4.69, 9.17) is 0 Å². The molecule has 0 saturated carbocycles. The molecule has 0 unspecified atom stereocenters. The van der Waals surface area contributed by atoms with E-state index in [0.717, 1.165) is 24.9 Å². The monoisotopic (exact) mass is 271 g/mol. The van der Waals surface area contributed by atoms with Crippen LogP contribution in [0.25, 0.3) is 0 Å². The number of carbonyl (C=O) groups is 1. The predicted molar refractivity (Wildman–Crippen MR) is 82.8 cm³/mol.